The highest BCUT2D eigenvalue weighted by Crippen LogP contribution is 2.52. The van der Waals surface area contributed by atoms with Crippen LogP contribution < -0.4 is 10.4 Å². The van der Waals surface area contributed by atoms with Gasteiger partial charge in [-0.2, -0.15) is 0 Å². The Morgan fingerprint density at radius 1 is 0.900 bits per heavy atom. The molecule has 1 heterocycles. The number of carbonyl (C=O) groups is 2. The van der Waals surface area contributed by atoms with Crippen molar-refractivity contribution in [1.82, 2.24) is 4.90 Å². The SMILES string of the molecule is CC[C@@H](CO[Si](c1ccccc1)(c1ccccc1)C(C)(C)C)N1C(=O)[C@](C)(C=CC(=O)OC)C[C@H](c2cccc(Cl)c2)[C@H]1c1ccc(Cl)cc1. The average molecular weight is 729 g/mol. The minimum absolute atomic E-state index is 0.0752. The summed E-state index contributed by atoms with van der Waals surface area (Å²) in [6.45, 7) is 11.1. The number of methoxy groups -OCH3 is 1. The van der Waals surface area contributed by atoms with Gasteiger partial charge in [0.25, 0.3) is 8.32 Å². The number of piperidine rings is 1. The third-order valence-corrected chi connectivity index (χ3v) is 15.6. The highest BCUT2D eigenvalue weighted by molar-refractivity contribution is 6.99. The number of hydrogen-bond donors (Lipinski definition) is 0. The summed E-state index contributed by atoms with van der Waals surface area (Å²) in [5.41, 5.74) is 0.959. The van der Waals surface area contributed by atoms with E-state index in [9.17, 15) is 4.79 Å². The van der Waals surface area contributed by atoms with E-state index in [0.29, 0.717) is 29.5 Å². The predicted octanol–water partition coefficient (Wildman–Crippen LogP) is 9.14. The molecule has 0 N–H and O–H groups in total. The topological polar surface area (TPSA) is 55.8 Å². The fourth-order valence-electron chi connectivity index (χ4n) is 7.59. The Hall–Kier alpha value is -3.68. The van der Waals surface area contributed by atoms with Crippen molar-refractivity contribution in [3.63, 3.8) is 0 Å². The third kappa shape index (κ3) is 7.64. The van der Waals surface area contributed by atoms with Crippen LogP contribution in [0.15, 0.2) is 121 Å². The molecular formula is C42H47Cl2NO4Si. The number of carbonyl (C=O) groups excluding carboxylic acids is 2. The van der Waals surface area contributed by atoms with Crippen molar-refractivity contribution in [3.05, 3.63) is 143 Å². The predicted molar refractivity (Wildman–Crippen MR) is 207 cm³/mol. The molecule has 0 saturated carbocycles. The van der Waals surface area contributed by atoms with Gasteiger partial charge in [-0.05, 0) is 70.6 Å². The van der Waals surface area contributed by atoms with Crippen molar-refractivity contribution in [2.45, 2.75) is 70.5 Å². The molecule has 4 aromatic carbocycles. The Bertz CT molecular complexity index is 1750. The highest BCUT2D eigenvalue weighted by atomic mass is 35.5. The van der Waals surface area contributed by atoms with E-state index < -0.39 is 19.7 Å². The third-order valence-electron chi connectivity index (χ3n) is 10.1. The van der Waals surface area contributed by atoms with Crippen LogP contribution in [0.3, 0.4) is 0 Å². The van der Waals surface area contributed by atoms with E-state index in [1.807, 2.05) is 66.4 Å². The Morgan fingerprint density at radius 3 is 2.02 bits per heavy atom. The fraction of sp³-hybridized carbons (Fsp3) is 0.333. The van der Waals surface area contributed by atoms with Gasteiger partial charge in [0.05, 0.1) is 31.2 Å². The zero-order valence-corrected chi connectivity index (χ0v) is 32.2. The lowest BCUT2D eigenvalue weighted by Gasteiger charge is -2.52. The van der Waals surface area contributed by atoms with Gasteiger partial charge in [0.1, 0.15) is 0 Å². The number of likely N-dealkylation sites (tertiary alicyclic amines) is 1. The summed E-state index contributed by atoms with van der Waals surface area (Å²) < 4.78 is 12.4. The van der Waals surface area contributed by atoms with Crippen LogP contribution in [0, 0.1) is 5.41 Å². The molecule has 0 unspecified atom stereocenters. The van der Waals surface area contributed by atoms with Crippen molar-refractivity contribution in [2.24, 2.45) is 5.41 Å². The van der Waals surface area contributed by atoms with Gasteiger partial charge >= 0.3 is 5.97 Å². The molecule has 0 aromatic heterocycles. The summed E-state index contributed by atoms with van der Waals surface area (Å²) in [5, 5.41) is 3.35. The molecule has 0 aliphatic carbocycles. The Balaban J connectivity index is 1.69. The standard InChI is InChI=1S/C42H47Cl2NO4Si/c1-7-34(29-49-50(41(2,3)4,35-17-10-8-11-18-35)36-19-12-9-13-20-36)45-39(30-21-23-32(43)24-22-30)37(31-15-14-16-33(44)27-31)28-42(5,40(45)47)26-25-38(46)48-6/h8-27,34,37,39H,7,28-29H2,1-6H3/t34-,37+,39+,42+/m0/s1. The van der Waals surface area contributed by atoms with Crippen LogP contribution in [0.5, 0.6) is 0 Å². The molecule has 0 bridgehead atoms. The molecule has 4 aromatic rings. The average Bonchev–Trinajstić information content (AvgIpc) is 3.11. The minimum Gasteiger partial charge on any atom is -0.466 e. The van der Waals surface area contributed by atoms with Gasteiger partial charge in [-0.3, -0.25) is 4.79 Å². The van der Waals surface area contributed by atoms with Gasteiger partial charge in [0.15, 0.2) is 0 Å². The first-order valence-corrected chi connectivity index (χ1v) is 19.9. The van der Waals surface area contributed by atoms with Gasteiger partial charge in [-0.1, -0.05) is 142 Å². The molecule has 0 radical (unpaired) electrons. The van der Waals surface area contributed by atoms with Gasteiger partial charge in [0.2, 0.25) is 5.91 Å². The van der Waals surface area contributed by atoms with E-state index >= 15 is 4.79 Å². The number of hydrogen-bond acceptors (Lipinski definition) is 4. The van der Waals surface area contributed by atoms with Crippen LogP contribution in [-0.4, -0.2) is 44.9 Å². The Kier molecular flexibility index (Phi) is 11.8. The van der Waals surface area contributed by atoms with Gasteiger partial charge in [0, 0.05) is 22.0 Å². The van der Waals surface area contributed by atoms with E-state index in [1.165, 1.54) is 23.6 Å². The highest BCUT2D eigenvalue weighted by Gasteiger charge is 2.53. The number of benzene rings is 4. The number of rotatable bonds is 11. The molecule has 1 fully saturated rings. The molecular weight excluding hydrogens is 681 g/mol. The molecule has 1 amide bonds. The van der Waals surface area contributed by atoms with E-state index in [0.717, 1.165) is 11.1 Å². The van der Waals surface area contributed by atoms with Gasteiger partial charge in [-0.25, -0.2) is 4.79 Å². The van der Waals surface area contributed by atoms with Crippen LogP contribution in [0.25, 0.3) is 0 Å². The molecule has 5 rings (SSSR count). The summed E-state index contributed by atoms with van der Waals surface area (Å²) >= 11 is 13.0. The lowest BCUT2D eigenvalue weighted by atomic mass is 9.68. The maximum Gasteiger partial charge on any atom is 0.330 e. The van der Waals surface area contributed by atoms with Crippen molar-refractivity contribution >= 4 is 53.8 Å². The summed E-state index contributed by atoms with van der Waals surface area (Å²) in [6, 6.07) is 36.0. The van der Waals surface area contributed by atoms with Crippen molar-refractivity contribution in [1.29, 1.82) is 0 Å². The summed E-state index contributed by atoms with van der Waals surface area (Å²) in [6.07, 6.45) is 4.18. The van der Waals surface area contributed by atoms with Crippen LogP contribution >= 0.6 is 23.2 Å². The largest absolute Gasteiger partial charge is 0.466 e. The maximum atomic E-state index is 15.1. The van der Waals surface area contributed by atoms with Crippen molar-refractivity contribution in [2.75, 3.05) is 13.7 Å². The second-order valence-corrected chi connectivity index (χ2v) is 19.6. The quantitative estimate of drug-likeness (QED) is 0.0879. The number of ether oxygens (including phenoxy) is 1. The number of halogens is 2. The van der Waals surface area contributed by atoms with Crippen molar-refractivity contribution in [3.8, 4) is 0 Å². The first-order chi connectivity index (χ1) is 23.8. The van der Waals surface area contributed by atoms with Crippen molar-refractivity contribution < 1.29 is 18.8 Å². The normalized spacial score (nSPS) is 20.6. The maximum absolute atomic E-state index is 15.1. The van der Waals surface area contributed by atoms with E-state index in [2.05, 4.69) is 82.3 Å². The molecule has 4 atom stereocenters. The smallest absolute Gasteiger partial charge is 0.330 e. The summed E-state index contributed by atoms with van der Waals surface area (Å²) in [5.74, 6) is -0.748. The van der Waals surface area contributed by atoms with Gasteiger partial charge in [-0.15, -0.1) is 0 Å². The lowest BCUT2D eigenvalue weighted by molar-refractivity contribution is -0.152. The first-order valence-electron chi connectivity index (χ1n) is 17.2. The Labute approximate surface area is 308 Å². The molecule has 1 aliphatic rings. The fourth-order valence-corrected chi connectivity index (χ4v) is 12.5. The molecule has 262 valence electrons. The molecule has 5 nitrogen and oxygen atoms in total. The zero-order valence-electron chi connectivity index (χ0n) is 29.7. The lowest BCUT2D eigenvalue weighted by Crippen LogP contribution is -2.67. The molecule has 50 heavy (non-hydrogen) atoms. The van der Waals surface area contributed by atoms with E-state index in [-0.39, 0.29) is 28.9 Å². The van der Waals surface area contributed by atoms with Crippen LogP contribution in [0.4, 0.5) is 0 Å². The minimum atomic E-state index is -2.93. The monoisotopic (exact) mass is 727 g/mol. The van der Waals surface area contributed by atoms with Crippen LogP contribution in [-0.2, 0) is 18.8 Å². The Morgan fingerprint density at radius 2 is 1.50 bits per heavy atom. The van der Waals surface area contributed by atoms with Crippen LogP contribution in [0.2, 0.25) is 15.1 Å². The zero-order chi connectivity index (χ0) is 36.1. The summed E-state index contributed by atoms with van der Waals surface area (Å²) in [4.78, 5) is 29.5. The molecule has 1 saturated heterocycles. The van der Waals surface area contributed by atoms with Crippen LogP contribution in [0.1, 0.15) is 70.5 Å². The second-order valence-electron chi connectivity index (χ2n) is 14.4. The molecule has 8 heteroatoms. The molecule has 1 aliphatic heterocycles. The number of nitrogens with zero attached hydrogens (tertiary/aromatic N) is 1. The number of esters is 1. The summed E-state index contributed by atoms with van der Waals surface area (Å²) in [7, 11) is -1.59. The van der Waals surface area contributed by atoms with E-state index in [1.54, 1.807) is 6.08 Å². The van der Waals surface area contributed by atoms with E-state index in [4.69, 9.17) is 32.4 Å². The first kappa shape index (κ1) is 37.6. The van der Waals surface area contributed by atoms with Gasteiger partial charge < -0.3 is 14.1 Å². The number of amides is 1. The second kappa shape index (κ2) is 15.7. The molecule has 0 spiro atoms.